The summed E-state index contributed by atoms with van der Waals surface area (Å²) in [5, 5.41) is 7.37. The van der Waals surface area contributed by atoms with Gasteiger partial charge in [-0.3, -0.25) is 0 Å². The monoisotopic (exact) mass is 753 g/mol. The predicted octanol–water partition coefficient (Wildman–Crippen LogP) is 16.2. The van der Waals surface area contributed by atoms with Crippen LogP contribution >= 0.6 is 0 Å². The van der Waals surface area contributed by atoms with Gasteiger partial charge in [0.2, 0.25) is 0 Å². The van der Waals surface area contributed by atoms with Gasteiger partial charge in [0.1, 0.15) is 11.2 Å². The molecule has 0 fully saturated rings. The molecule has 0 radical (unpaired) electrons. The van der Waals surface area contributed by atoms with Crippen molar-refractivity contribution in [2.24, 2.45) is 0 Å². The minimum atomic E-state index is 0.914. The Labute approximate surface area is 343 Å². The van der Waals surface area contributed by atoms with Crippen LogP contribution in [-0.2, 0) is 0 Å². The summed E-state index contributed by atoms with van der Waals surface area (Å²) in [6, 6.07) is 68.4. The zero-order chi connectivity index (χ0) is 39.5. The van der Waals surface area contributed by atoms with Gasteiger partial charge in [0.25, 0.3) is 0 Å². The highest BCUT2D eigenvalue weighted by Gasteiger charge is 2.24. The number of fused-ring (bicyclic) bond motifs is 10. The summed E-state index contributed by atoms with van der Waals surface area (Å²) in [5.74, 6) is 0. The minimum Gasteiger partial charge on any atom is -0.456 e. The molecule has 0 saturated heterocycles. The summed E-state index contributed by atoms with van der Waals surface area (Å²) in [6.07, 6.45) is 5.58. The molecule has 2 aromatic heterocycles. The summed E-state index contributed by atoms with van der Waals surface area (Å²) in [5.41, 5.74) is 17.7. The highest BCUT2D eigenvalue weighted by atomic mass is 16.3. The summed E-state index contributed by atoms with van der Waals surface area (Å²) in [7, 11) is 0. The van der Waals surface area contributed by atoms with Gasteiger partial charge in [-0.15, -0.1) is 0 Å². The van der Waals surface area contributed by atoms with Gasteiger partial charge in [0, 0.05) is 27.2 Å². The van der Waals surface area contributed by atoms with E-state index in [1.165, 1.54) is 93.6 Å². The standard InChI is InChI=1S/C52H31NO.C5H8/c1-3-12-32(13-4-1)36-26-37(33-14-5-2-6-15-33)28-38(27-36)53-47-21-10-9-18-41(47)44-29-34(22-24-48(44)53)35-23-25-49-46(30-35)52-43-20-11-19-42-39-16-7-8-17-40(39)45(51(42)43)31-50(52)54-49;1-3-5-4-2/h1-31H;3-5H,1H2,2H3/b;5-4-. The fourth-order valence-corrected chi connectivity index (χ4v) is 9.22. The lowest BCUT2D eigenvalue weighted by Crippen LogP contribution is -1.96. The van der Waals surface area contributed by atoms with Crippen LogP contribution < -0.4 is 0 Å². The van der Waals surface area contributed by atoms with Crippen LogP contribution in [0.4, 0.5) is 0 Å². The molecule has 2 heteroatoms. The molecule has 9 aromatic carbocycles. The number of aromatic nitrogens is 1. The SMILES string of the molecule is C=C/C=C\C.c1ccc(-c2cc(-c3ccccc3)cc(-n3c4ccccc4c4cc(-c5ccc6oc7cc8c9c(cccc9c7c6c5)-c5ccccc5-8)ccc43)c2)cc1. The number of furan rings is 1. The number of hydrogen-bond donors (Lipinski definition) is 0. The zero-order valence-corrected chi connectivity index (χ0v) is 32.7. The molecule has 0 bridgehead atoms. The van der Waals surface area contributed by atoms with E-state index in [0.717, 1.165) is 22.2 Å². The molecule has 2 nitrogen and oxygen atoms in total. The van der Waals surface area contributed by atoms with E-state index in [2.05, 4.69) is 199 Å². The van der Waals surface area contributed by atoms with E-state index in [0.29, 0.717) is 0 Å². The molecule has 0 spiro atoms. The van der Waals surface area contributed by atoms with E-state index in [9.17, 15) is 0 Å². The van der Waals surface area contributed by atoms with Gasteiger partial charge in [-0.25, -0.2) is 0 Å². The van der Waals surface area contributed by atoms with Crippen molar-refractivity contribution in [1.29, 1.82) is 0 Å². The van der Waals surface area contributed by atoms with Crippen molar-refractivity contribution in [3.63, 3.8) is 0 Å². The van der Waals surface area contributed by atoms with Crippen LogP contribution in [0.2, 0.25) is 0 Å². The van der Waals surface area contributed by atoms with Gasteiger partial charge < -0.3 is 8.98 Å². The molecule has 1 aliphatic rings. The Kier molecular flexibility index (Phi) is 8.23. The Morgan fingerprint density at radius 2 is 1.00 bits per heavy atom. The second-order valence-corrected chi connectivity index (χ2v) is 15.2. The van der Waals surface area contributed by atoms with E-state index >= 15 is 0 Å². The van der Waals surface area contributed by atoms with Crippen LogP contribution in [-0.4, -0.2) is 4.57 Å². The fourth-order valence-electron chi connectivity index (χ4n) is 9.22. The number of nitrogens with zero attached hydrogens (tertiary/aromatic N) is 1. The molecule has 0 atom stereocenters. The maximum absolute atomic E-state index is 6.59. The lowest BCUT2D eigenvalue weighted by atomic mass is 9.96. The Hall–Kier alpha value is -7.68. The van der Waals surface area contributed by atoms with Crippen molar-refractivity contribution >= 4 is 54.5 Å². The maximum Gasteiger partial charge on any atom is 0.136 e. The van der Waals surface area contributed by atoms with Crippen LogP contribution in [0.25, 0.3) is 116 Å². The average Bonchev–Trinajstić information content (AvgIpc) is 3.95. The third-order valence-electron chi connectivity index (χ3n) is 11.8. The molecule has 0 N–H and O–H groups in total. The first-order valence-corrected chi connectivity index (χ1v) is 20.2. The largest absolute Gasteiger partial charge is 0.456 e. The van der Waals surface area contributed by atoms with Crippen LogP contribution in [0.3, 0.4) is 0 Å². The van der Waals surface area contributed by atoms with Crippen molar-refractivity contribution < 1.29 is 4.42 Å². The third kappa shape index (κ3) is 5.64. The van der Waals surface area contributed by atoms with Crippen molar-refractivity contribution in [1.82, 2.24) is 4.57 Å². The summed E-state index contributed by atoms with van der Waals surface area (Å²) >= 11 is 0. The van der Waals surface area contributed by atoms with Crippen molar-refractivity contribution in [3.05, 3.63) is 213 Å². The van der Waals surface area contributed by atoms with Gasteiger partial charge in [0.15, 0.2) is 0 Å². The fraction of sp³-hybridized carbons (Fsp3) is 0.0175. The van der Waals surface area contributed by atoms with Gasteiger partial charge in [-0.2, -0.15) is 0 Å². The highest BCUT2D eigenvalue weighted by molar-refractivity contribution is 6.28. The topological polar surface area (TPSA) is 18.1 Å². The molecule has 2 heterocycles. The minimum absolute atomic E-state index is 0.914. The van der Waals surface area contributed by atoms with E-state index in [-0.39, 0.29) is 0 Å². The molecule has 1 aliphatic carbocycles. The molecule has 11 aromatic rings. The second kappa shape index (κ2) is 14.1. The number of allylic oxidation sites excluding steroid dienone is 3. The molecule has 0 unspecified atom stereocenters. The summed E-state index contributed by atoms with van der Waals surface area (Å²) in [4.78, 5) is 0. The molecule has 0 saturated carbocycles. The maximum atomic E-state index is 6.59. The number of benzene rings is 9. The first-order chi connectivity index (χ1) is 29.2. The Balaban J connectivity index is 0.000000752. The lowest BCUT2D eigenvalue weighted by Gasteiger charge is -2.14. The van der Waals surface area contributed by atoms with E-state index in [1.54, 1.807) is 6.08 Å². The molecular formula is C57H39NO. The molecule has 12 rings (SSSR count). The van der Waals surface area contributed by atoms with E-state index < -0.39 is 0 Å². The second-order valence-electron chi connectivity index (χ2n) is 15.2. The van der Waals surface area contributed by atoms with E-state index in [4.69, 9.17) is 4.42 Å². The van der Waals surface area contributed by atoms with Crippen LogP contribution in [0.5, 0.6) is 0 Å². The van der Waals surface area contributed by atoms with Gasteiger partial charge >= 0.3 is 0 Å². The van der Waals surface area contributed by atoms with Crippen molar-refractivity contribution in [2.45, 2.75) is 6.92 Å². The highest BCUT2D eigenvalue weighted by Crippen LogP contribution is 2.51. The van der Waals surface area contributed by atoms with Gasteiger partial charge in [-0.1, -0.05) is 158 Å². The van der Waals surface area contributed by atoms with Crippen molar-refractivity contribution in [3.8, 4) is 61.3 Å². The number of para-hydroxylation sites is 1. The Bertz CT molecular complexity index is 3400. The summed E-state index contributed by atoms with van der Waals surface area (Å²) < 4.78 is 9.02. The van der Waals surface area contributed by atoms with Gasteiger partial charge in [-0.05, 0) is 128 Å². The predicted molar refractivity (Wildman–Crippen MR) is 251 cm³/mol. The summed E-state index contributed by atoms with van der Waals surface area (Å²) in [6.45, 7) is 5.42. The van der Waals surface area contributed by atoms with Crippen molar-refractivity contribution in [2.75, 3.05) is 0 Å². The molecular weight excluding hydrogens is 715 g/mol. The van der Waals surface area contributed by atoms with Crippen LogP contribution in [0.15, 0.2) is 217 Å². The van der Waals surface area contributed by atoms with E-state index in [1.807, 2.05) is 19.1 Å². The number of hydrogen-bond acceptors (Lipinski definition) is 1. The quantitative estimate of drug-likeness (QED) is 0.160. The molecule has 0 aliphatic heterocycles. The van der Waals surface area contributed by atoms with Gasteiger partial charge in [0.05, 0.1) is 11.0 Å². The Morgan fingerprint density at radius 1 is 0.407 bits per heavy atom. The Morgan fingerprint density at radius 3 is 1.69 bits per heavy atom. The number of rotatable bonds is 5. The normalized spacial score (nSPS) is 11.8. The molecule has 278 valence electrons. The molecule has 59 heavy (non-hydrogen) atoms. The average molecular weight is 754 g/mol. The first-order valence-electron chi connectivity index (χ1n) is 20.2. The molecule has 0 amide bonds. The third-order valence-corrected chi connectivity index (χ3v) is 11.8. The van der Waals surface area contributed by atoms with Crippen LogP contribution in [0, 0.1) is 0 Å². The smallest absolute Gasteiger partial charge is 0.136 e. The lowest BCUT2D eigenvalue weighted by molar-refractivity contribution is 0.669. The van der Waals surface area contributed by atoms with Crippen LogP contribution in [0.1, 0.15) is 6.92 Å². The zero-order valence-electron chi connectivity index (χ0n) is 32.7. The first kappa shape index (κ1) is 34.6.